The number of hydrogen-bond acceptors (Lipinski definition) is 3. The highest BCUT2D eigenvalue weighted by atomic mass is 15.3. The number of hydrogen-bond donors (Lipinski definition) is 1. The van der Waals surface area contributed by atoms with Crippen molar-refractivity contribution in [2.45, 2.75) is 26.3 Å². The van der Waals surface area contributed by atoms with Gasteiger partial charge in [-0.2, -0.15) is 5.10 Å². The number of nitrogen functional groups attached to an aromatic ring is 1. The Kier molecular flexibility index (Phi) is 2.46. The predicted molar refractivity (Wildman–Crippen MR) is 56.9 cm³/mol. The van der Waals surface area contributed by atoms with E-state index in [1.54, 1.807) is 4.68 Å². The summed E-state index contributed by atoms with van der Waals surface area (Å²) in [4.78, 5) is 2.44. The number of rotatable bonds is 2. The predicted octanol–water partition coefficient (Wildman–Crippen LogP) is 0.907. The van der Waals surface area contributed by atoms with Gasteiger partial charge in [0.05, 0.1) is 5.69 Å². The summed E-state index contributed by atoms with van der Waals surface area (Å²) in [6.45, 7) is 5.40. The van der Waals surface area contributed by atoms with E-state index in [1.807, 2.05) is 14.0 Å². The Labute approximate surface area is 84.7 Å². The van der Waals surface area contributed by atoms with Crippen molar-refractivity contribution in [2.24, 2.45) is 7.05 Å². The Morgan fingerprint density at radius 2 is 2.00 bits per heavy atom. The van der Waals surface area contributed by atoms with E-state index in [9.17, 15) is 0 Å². The van der Waals surface area contributed by atoms with E-state index in [4.69, 9.17) is 5.73 Å². The smallest absolute Gasteiger partial charge is 0.126 e. The number of aryl methyl sites for hydroxylation is 2. The third-order valence-corrected chi connectivity index (χ3v) is 2.97. The second kappa shape index (κ2) is 3.61. The third-order valence-electron chi connectivity index (χ3n) is 2.97. The van der Waals surface area contributed by atoms with Crippen LogP contribution in [0.3, 0.4) is 0 Å². The van der Waals surface area contributed by atoms with Crippen molar-refractivity contribution in [3.63, 3.8) is 0 Å². The molecule has 0 aliphatic carbocycles. The van der Waals surface area contributed by atoms with Gasteiger partial charge in [-0.25, -0.2) is 0 Å². The summed E-state index contributed by atoms with van der Waals surface area (Å²) < 4.78 is 1.76. The second-order valence-electron chi connectivity index (χ2n) is 4.06. The maximum absolute atomic E-state index is 5.96. The first-order valence-electron chi connectivity index (χ1n) is 5.19. The largest absolute Gasteiger partial charge is 0.384 e. The van der Waals surface area contributed by atoms with Crippen LogP contribution in [0.5, 0.6) is 0 Å². The van der Waals surface area contributed by atoms with Gasteiger partial charge in [0, 0.05) is 19.2 Å². The van der Waals surface area contributed by atoms with Crippen LogP contribution in [0, 0.1) is 6.92 Å². The third kappa shape index (κ3) is 1.62. The normalized spacial score (nSPS) is 17.9. The fraction of sp³-hybridized carbons (Fsp3) is 0.700. The summed E-state index contributed by atoms with van der Waals surface area (Å²) in [5, 5.41) is 4.32. The molecule has 0 aromatic carbocycles. The highest BCUT2D eigenvalue weighted by Gasteiger charge is 2.17. The summed E-state index contributed by atoms with van der Waals surface area (Å²) in [6.07, 6.45) is 2.64. The van der Waals surface area contributed by atoms with Crippen molar-refractivity contribution in [2.75, 3.05) is 18.8 Å². The van der Waals surface area contributed by atoms with Gasteiger partial charge in [0.1, 0.15) is 5.82 Å². The maximum atomic E-state index is 5.96. The molecule has 1 aliphatic rings. The first-order chi connectivity index (χ1) is 6.68. The number of aromatic nitrogens is 2. The first kappa shape index (κ1) is 9.52. The van der Waals surface area contributed by atoms with Gasteiger partial charge in [-0.05, 0) is 32.9 Å². The van der Waals surface area contributed by atoms with Crippen LogP contribution >= 0.6 is 0 Å². The molecule has 1 aromatic rings. The molecule has 0 unspecified atom stereocenters. The van der Waals surface area contributed by atoms with Gasteiger partial charge in [-0.15, -0.1) is 0 Å². The molecular formula is C10H18N4. The minimum Gasteiger partial charge on any atom is -0.384 e. The molecule has 2 rings (SSSR count). The van der Waals surface area contributed by atoms with Crippen LogP contribution in [-0.2, 0) is 13.6 Å². The summed E-state index contributed by atoms with van der Waals surface area (Å²) in [6, 6.07) is 0. The van der Waals surface area contributed by atoms with Crippen LogP contribution in [0.4, 0.5) is 5.82 Å². The fourth-order valence-electron chi connectivity index (χ4n) is 2.08. The monoisotopic (exact) mass is 194 g/mol. The molecule has 0 spiro atoms. The van der Waals surface area contributed by atoms with Gasteiger partial charge < -0.3 is 5.73 Å². The molecule has 4 heteroatoms. The molecule has 4 nitrogen and oxygen atoms in total. The summed E-state index contributed by atoms with van der Waals surface area (Å²) in [5.74, 6) is 0.814. The molecule has 1 aromatic heterocycles. The van der Waals surface area contributed by atoms with Crippen molar-refractivity contribution in [1.82, 2.24) is 14.7 Å². The Balaban J connectivity index is 2.14. The van der Waals surface area contributed by atoms with Crippen LogP contribution in [0.15, 0.2) is 0 Å². The Morgan fingerprint density at radius 3 is 2.50 bits per heavy atom. The first-order valence-corrected chi connectivity index (χ1v) is 5.19. The van der Waals surface area contributed by atoms with Gasteiger partial charge >= 0.3 is 0 Å². The van der Waals surface area contributed by atoms with E-state index < -0.39 is 0 Å². The fourth-order valence-corrected chi connectivity index (χ4v) is 2.08. The van der Waals surface area contributed by atoms with Crippen LogP contribution < -0.4 is 5.73 Å². The van der Waals surface area contributed by atoms with E-state index in [0.29, 0.717) is 0 Å². The molecule has 1 saturated heterocycles. The van der Waals surface area contributed by atoms with Crippen molar-refractivity contribution in [3.8, 4) is 0 Å². The topological polar surface area (TPSA) is 47.1 Å². The van der Waals surface area contributed by atoms with E-state index >= 15 is 0 Å². The lowest BCUT2D eigenvalue weighted by molar-refractivity contribution is 0.331. The van der Waals surface area contributed by atoms with Gasteiger partial charge in [0.15, 0.2) is 0 Å². The molecule has 14 heavy (non-hydrogen) atoms. The molecule has 78 valence electrons. The molecule has 2 heterocycles. The molecule has 0 amide bonds. The number of anilines is 1. The average molecular weight is 194 g/mol. The van der Waals surface area contributed by atoms with E-state index in [0.717, 1.165) is 18.1 Å². The quantitative estimate of drug-likeness (QED) is 0.761. The minimum absolute atomic E-state index is 0.814. The molecule has 0 bridgehead atoms. The van der Waals surface area contributed by atoms with Gasteiger partial charge in [0.25, 0.3) is 0 Å². The molecule has 1 aliphatic heterocycles. The SMILES string of the molecule is Cc1nn(C)c(N)c1CN1CCCC1. The van der Waals surface area contributed by atoms with Crippen LogP contribution in [0.25, 0.3) is 0 Å². The maximum Gasteiger partial charge on any atom is 0.126 e. The Bertz CT molecular complexity index is 323. The average Bonchev–Trinajstić information content (AvgIpc) is 2.71. The summed E-state index contributed by atoms with van der Waals surface area (Å²) >= 11 is 0. The van der Waals surface area contributed by atoms with Crippen molar-refractivity contribution >= 4 is 5.82 Å². The van der Waals surface area contributed by atoms with E-state index in [-0.39, 0.29) is 0 Å². The molecule has 1 fully saturated rings. The highest BCUT2D eigenvalue weighted by Crippen LogP contribution is 2.19. The Morgan fingerprint density at radius 1 is 1.36 bits per heavy atom. The molecule has 0 atom stereocenters. The zero-order chi connectivity index (χ0) is 10.1. The van der Waals surface area contributed by atoms with E-state index in [2.05, 4.69) is 10.00 Å². The van der Waals surface area contributed by atoms with Gasteiger partial charge in [-0.1, -0.05) is 0 Å². The van der Waals surface area contributed by atoms with Crippen LogP contribution in [0.1, 0.15) is 24.1 Å². The summed E-state index contributed by atoms with van der Waals surface area (Å²) in [7, 11) is 1.90. The van der Waals surface area contributed by atoms with Gasteiger partial charge in [0.2, 0.25) is 0 Å². The molecule has 2 N–H and O–H groups in total. The molecule has 0 saturated carbocycles. The highest BCUT2D eigenvalue weighted by molar-refractivity contribution is 5.42. The lowest BCUT2D eigenvalue weighted by atomic mass is 10.2. The van der Waals surface area contributed by atoms with Crippen molar-refractivity contribution < 1.29 is 0 Å². The second-order valence-corrected chi connectivity index (χ2v) is 4.06. The van der Waals surface area contributed by atoms with Crippen LogP contribution in [0.2, 0.25) is 0 Å². The number of nitrogens with two attached hydrogens (primary N) is 1. The van der Waals surface area contributed by atoms with Gasteiger partial charge in [-0.3, -0.25) is 9.58 Å². The van der Waals surface area contributed by atoms with Crippen molar-refractivity contribution in [1.29, 1.82) is 0 Å². The standard InChI is InChI=1S/C10H18N4/c1-8-9(10(11)13(2)12-8)7-14-5-3-4-6-14/h3-7,11H2,1-2H3. The molecular weight excluding hydrogens is 176 g/mol. The Hall–Kier alpha value is -1.03. The zero-order valence-corrected chi connectivity index (χ0v) is 8.95. The zero-order valence-electron chi connectivity index (χ0n) is 8.95. The van der Waals surface area contributed by atoms with Crippen molar-refractivity contribution in [3.05, 3.63) is 11.3 Å². The lowest BCUT2D eigenvalue weighted by Gasteiger charge is -2.14. The molecule has 0 radical (unpaired) electrons. The van der Waals surface area contributed by atoms with Crippen LogP contribution in [-0.4, -0.2) is 27.8 Å². The number of likely N-dealkylation sites (tertiary alicyclic amines) is 1. The lowest BCUT2D eigenvalue weighted by Crippen LogP contribution is -2.19. The summed E-state index contributed by atoms with van der Waals surface area (Å²) in [5.41, 5.74) is 8.23. The van der Waals surface area contributed by atoms with E-state index in [1.165, 1.54) is 31.5 Å². The number of nitrogens with zero attached hydrogens (tertiary/aromatic N) is 3. The minimum atomic E-state index is 0.814.